The van der Waals surface area contributed by atoms with Gasteiger partial charge < -0.3 is 33.2 Å². The summed E-state index contributed by atoms with van der Waals surface area (Å²) in [7, 11) is 1.55. The van der Waals surface area contributed by atoms with Crippen LogP contribution >= 0.6 is 0 Å². The average Bonchev–Trinajstić information content (AvgIpc) is 2.61. The minimum absolute atomic E-state index is 0.0787. The van der Waals surface area contributed by atoms with Crippen molar-refractivity contribution >= 4 is 11.9 Å². The predicted octanol–water partition coefficient (Wildman–Crippen LogP) is 1.14. The van der Waals surface area contributed by atoms with Crippen molar-refractivity contribution in [3.63, 3.8) is 0 Å². The van der Waals surface area contributed by atoms with E-state index in [1.54, 1.807) is 34.8 Å². The Balaban J connectivity index is 5.48. The summed E-state index contributed by atoms with van der Waals surface area (Å²) in [5.74, 6) is -1.66. The van der Waals surface area contributed by atoms with E-state index in [1.165, 1.54) is 0 Å². The molecule has 0 unspecified atom stereocenters. The largest absolute Gasteiger partial charge is 0.465 e. The molecule has 9 nitrogen and oxygen atoms in total. The third-order valence-corrected chi connectivity index (χ3v) is 3.25. The van der Waals surface area contributed by atoms with Gasteiger partial charge in [0.1, 0.15) is 6.79 Å². The molecule has 0 saturated carbocycles. The van der Waals surface area contributed by atoms with Gasteiger partial charge in [-0.2, -0.15) is 0 Å². The average molecular weight is 380 g/mol. The van der Waals surface area contributed by atoms with Crippen LogP contribution in [0.25, 0.3) is 0 Å². The second kappa shape index (κ2) is 14.9. The van der Waals surface area contributed by atoms with Crippen LogP contribution in [0.2, 0.25) is 0 Å². The SMILES string of the molecule is CCOC(=O)C(COCOCCOC)(C(=O)OCC)C(OCC)OCC. The Morgan fingerprint density at radius 2 is 1.35 bits per heavy atom. The van der Waals surface area contributed by atoms with E-state index in [0.29, 0.717) is 13.2 Å². The van der Waals surface area contributed by atoms with Crippen LogP contribution < -0.4 is 0 Å². The molecule has 0 aromatic rings. The van der Waals surface area contributed by atoms with Crippen LogP contribution in [0.3, 0.4) is 0 Å². The highest BCUT2D eigenvalue weighted by atomic mass is 16.7. The van der Waals surface area contributed by atoms with Gasteiger partial charge in [0.2, 0.25) is 5.41 Å². The van der Waals surface area contributed by atoms with Gasteiger partial charge in [-0.25, -0.2) is 0 Å². The second-order valence-corrected chi connectivity index (χ2v) is 5.02. The van der Waals surface area contributed by atoms with Crippen molar-refractivity contribution in [2.45, 2.75) is 34.0 Å². The highest BCUT2D eigenvalue weighted by Crippen LogP contribution is 2.31. The number of esters is 2. The topological polar surface area (TPSA) is 98.8 Å². The first-order valence-corrected chi connectivity index (χ1v) is 8.76. The van der Waals surface area contributed by atoms with Crippen LogP contribution in [0, 0.1) is 5.41 Å². The Kier molecular flexibility index (Phi) is 14.1. The summed E-state index contributed by atoms with van der Waals surface area (Å²) >= 11 is 0. The summed E-state index contributed by atoms with van der Waals surface area (Å²) in [5, 5.41) is 0. The van der Waals surface area contributed by atoms with E-state index >= 15 is 0 Å². The lowest BCUT2D eigenvalue weighted by atomic mass is 9.87. The first-order valence-electron chi connectivity index (χ1n) is 8.76. The molecule has 0 N–H and O–H groups in total. The van der Waals surface area contributed by atoms with Crippen LogP contribution in [-0.2, 0) is 42.7 Å². The van der Waals surface area contributed by atoms with Gasteiger partial charge in [-0.05, 0) is 27.7 Å². The predicted molar refractivity (Wildman–Crippen MR) is 91.4 cm³/mol. The van der Waals surface area contributed by atoms with Crippen molar-refractivity contribution in [2.24, 2.45) is 5.41 Å². The number of hydrogen-bond donors (Lipinski definition) is 0. The molecule has 0 aliphatic carbocycles. The van der Waals surface area contributed by atoms with Gasteiger partial charge in [0.15, 0.2) is 6.29 Å². The van der Waals surface area contributed by atoms with E-state index in [-0.39, 0.29) is 39.8 Å². The molecule has 0 aliphatic heterocycles. The smallest absolute Gasteiger partial charge is 0.331 e. The molecule has 0 saturated heterocycles. The summed E-state index contributed by atoms with van der Waals surface area (Å²) in [6.07, 6.45) is -1.21. The molecule has 9 heteroatoms. The monoisotopic (exact) mass is 380 g/mol. The Hall–Kier alpha value is -1.26. The summed E-state index contributed by atoms with van der Waals surface area (Å²) in [5.41, 5.74) is -1.91. The Bertz CT molecular complexity index is 362. The zero-order chi connectivity index (χ0) is 19.8. The molecule has 0 aliphatic rings. The molecule has 0 bridgehead atoms. The zero-order valence-corrected chi connectivity index (χ0v) is 16.4. The molecule has 0 heterocycles. The fraction of sp³-hybridized carbons (Fsp3) is 0.882. The van der Waals surface area contributed by atoms with Crippen LogP contribution in [0.15, 0.2) is 0 Å². The highest BCUT2D eigenvalue weighted by molar-refractivity contribution is 6.01. The van der Waals surface area contributed by atoms with E-state index < -0.39 is 23.6 Å². The first kappa shape index (κ1) is 24.7. The lowest BCUT2D eigenvalue weighted by molar-refractivity contribution is -0.240. The number of methoxy groups -OCH3 is 1. The van der Waals surface area contributed by atoms with Gasteiger partial charge >= 0.3 is 11.9 Å². The minimum Gasteiger partial charge on any atom is -0.465 e. The summed E-state index contributed by atoms with van der Waals surface area (Å²) in [6.45, 7) is 7.50. The molecular formula is C17H32O9. The number of carbonyl (C=O) groups is 2. The van der Waals surface area contributed by atoms with Crippen molar-refractivity contribution in [1.82, 2.24) is 0 Å². The standard InChI is InChI=1S/C17H32O9/c1-6-23-14(18)17(15(19)24-7-2,16(25-8-3)26-9-4)12-22-13-21-11-10-20-5/h16H,6-13H2,1-5H3. The van der Waals surface area contributed by atoms with E-state index in [4.69, 9.17) is 33.2 Å². The van der Waals surface area contributed by atoms with Gasteiger partial charge in [-0.15, -0.1) is 0 Å². The third kappa shape index (κ3) is 7.55. The van der Waals surface area contributed by atoms with Crippen LogP contribution in [0.5, 0.6) is 0 Å². The summed E-state index contributed by atoms with van der Waals surface area (Å²) < 4.78 is 36.7. The first-order chi connectivity index (χ1) is 12.5. The fourth-order valence-corrected chi connectivity index (χ4v) is 2.08. The van der Waals surface area contributed by atoms with Crippen LogP contribution in [0.4, 0.5) is 0 Å². The minimum atomic E-state index is -1.91. The van der Waals surface area contributed by atoms with Gasteiger partial charge in [-0.1, -0.05) is 0 Å². The van der Waals surface area contributed by atoms with Crippen LogP contribution in [-0.4, -0.2) is 78.4 Å². The Morgan fingerprint density at radius 3 is 1.77 bits per heavy atom. The third-order valence-electron chi connectivity index (χ3n) is 3.25. The van der Waals surface area contributed by atoms with E-state index in [1.807, 2.05) is 0 Å². The maximum absolute atomic E-state index is 12.7. The molecule has 0 aromatic carbocycles. The zero-order valence-electron chi connectivity index (χ0n) is 16.4. The van der Waals surface area contributed by atoms with Crippen LogP contribution in [0.1, 0.15) is 27.7 Å². The lowest BCUT2D eigenvalue weighted by Crippen LogP contribution is -2.56. The second-order valence-electron chi connectivity index (χ2n) is 5.02. The molecule has 0 spiro atoms. The molecule has 0 aromatic heterocycles. The van der Waals surface area contributed by atoms with E-state index in [9.17, 15) is 9.59 Å². The summed E-state index contributed by atoms with van der Waals surface area (Å²) in [6, 6.07) is 0. The van der Waals surface area contributed by atoms with Crippen molar-refractivity contribution < 1.29 is 42.7 Å². The van der Waals surface area contributed by atoms with Gasteiger partial charge in [0.05, 0.1) is 33.0 Å². The van der Waals surface area contributed by atoms with Crippen molar-refractivity contribution in [2.75, 3.05) is 60.2 Å². The molecular weight excluding hydrogens is 348 g/mol. The van der Waals surface area contributed by atoms with E-state index in [0.717, 1.165) is 0 Å². The maximum Gasteiger partial charge on any atom is 0.331 e. The van der Waals surface area contributed by atoms with Gasteiger partial charge in [0, 0.05) is 20.3 Å². The molecule has 154 valence electrons. The Morgan fingerprint density at radius 1 is 0.808 bits per heavy atom. The molecule has 0 fully saturated rings. The maximum atomic E-state index is 12.7. The Labute approximate surface area is 155 Å². The number of rotatable bonds is 16. The number of hydrogen-bond acceptors (Lipinski definition) is 9. The molecule has 0 rings (SSSR count). The molecule has 0 atom stereocenters. The normalized spacial score (nSPS) is 11.6. The van der Waals surface area contributed by atoms with Gasteiger partial charge in [0.25, 0.3) is 0 Å². The molecule has 0 radical (unpaired) electrons. The van der Waals surface area contributed by atoms with Crippen molar-refractivity contribution in [3.05, 3.63) is 0 Å². The number of carbonyl (C=O) groups excluding carboxylic acids is 2. The lowest BCUT2D eigenvalue weighted by Gasteiger charge is -2.35. The molecule has 26 heavy (non-hydrogen) atoms. The van der Waals surface area contributed by atoms with Gasteiger partial charge in [-0.3, -0.25) is 9.59 Å². The summed E-state index contributed by atoms with van der Waals surface area (Å²) in [4.78, 5) is 25.4. The molecule has 0 amide bonds. The number of ether oxygens (including phenoxy) is 7. The van der Waals surface area contributed by atoms with Crippen molar-refractivity contribution in [1.29, 1.82) is 0 Å². The van der Waals surface area contributed by atoms with E-state index in [2.05, 4.69) is 0 Å². The quantitative estimate of drug-likeness (QED) is 0.169. The van der Waals surface area contributed by atoms with Crippen molar-refractivity contribution in [3.8, 4) is 0 Å². The highest BCUT2D eigenvalue weighted by Gasteiger charge is 2.57. The fourth-order valence-electron chi connectivity index (χ4n) is 2.08.